The lowest BCUT2D eigenvalue weighted by Gasteiger charge is -2.00. The topological polar surface area (TPSA) is 87.1 Å². The number of hydrogen-bond acceptors (Lipinski definition) is 6. The lowest BCUT2D eigenvalue weighted by Crippen LogP contribution is -2.02. The van der Waals surface area contributed by atoms with Gasteiger partial charge in [-0.1, -0.05) is 11.2 Å². The molecule has 0 saturated heterocycles. The molecular weight excluding hydrogens is 220 g/mol. The van der Waals surface area contributed by atoms with Crippen LogP contribution in [-0.2, 0) is 24.3 Å². The van der Waals surface area contributed by atoms with Gasteiger partial charge in [-0.05, 0) is 12.1 Å². The van der Waals surface area contributed by atoms with Crippen LogP contribution in [0.25, 0.3) is 0 Å². The molecule has 2 aromatic heterocycles. The van der Waals surface area contributed by atoms with Crippen LogP contribution < -0.4 is 5.73 Å². The molecule has 0 saturated carbocycles. The van der Waals surface area contributed by atoms with Crippen LogP contribution in [0.1, 0.15) is 17.4 Å². The smallest absolute Gasteiger partial charge is 0.240 e. The summed E-state index contributed by atoms with van der Waals surface area (Å²) in [6, 6.07) is 5.80. The van der Waals surface area contributed by atoms with Gasteiger partial charge >= 0.3 is 0 Å². The quantitative estimate of drug-likeness (QED) is 0.740. The summed E-state index contributed by atoms with van der Waals surface area (Å²) in [5.41, 5.74) is 6.35. The van der Waals surface area contributed by atoms with Gasteiger partial charge in [-0.15, -0.1) is 0 Å². The maximum absolute atomic E-state index is 5.42. The Morgan fingerprint density at radius 1 is 1.35 bits per heavy atom. The van der Waals surface area contributed by atoms with Crippen molar-refractivity contribution in [2.45, 2.75) is 19.6 Å². The van der Waals surface area contributed by atoms with Crippen molar-refractivity contribution >= 4 is 0 Å². The average Bonchev–Trinajstić information content (AvgIpc) is 2.84. The number of rotatable bonds is 6. The molecule has 2 rings (SSSR count). The Balaban J connectivity index is 1.69. The van der Waals surface area contributed by atoms with E-state index in [4.69, 9.17) is 15.0 Å². The van der Waals surface area contributed by atoms with E-state index in [9.17, 15) is 0 Å². The Morgan fingerprint density at radius 2 is 2.29 bits per heavy atom. The van der Waals surface area contributed by atoms with Crippen LogP contribution >= 0.6 is 0 Å². The van der Waals surface area contributed by atoms with Crippen molar-refractivity contribution in [2.75, 3.05) is 6.61 Å². The molecule has 0 spiro atoms. The molecule has 0 aliphatic heterocycles. The molecule has 2 N–H and O–H groups in total. The first-order chi connectivity index (χ1) is 8.38. The van der Waals surface area contributed by atoms with Crippen LogP contribution in [0, 0.1) is 0 Å². The molecule has 2 aromatic rings. The molecule has 0 bridgehead atoms. The Labute approximate surface area is 98.8 Å². The molecular formula is C11H14N4O2. The van der Waals surface area contributed by atoms with E-state index in [1.54, 1.807) is 6.20 Å². The van der Waals surface area contributed by atoms with Gasteiger partial charge in [-0.3, -0.25) is 4.98 Å². The van der Waals surface area contributed by atoms with Gasteiger partial charge in [0.05, 0.1) is 13.2 Å². The number of nitrogens with two attached hydrogens (primary N) is 1. The first-order valence-electron chi connectivity index (χ1n) is 5.37. The van der Waals surface area contributed by atoms with Crippen molar-refractivity contribution < 1.29 is 9.26 Å². The molecule has 0 fully saturated rings. The number of aromatic nitrogens is 3. The number of pyridine rings is 1. The van der Waals surface area contributed by atoms with Crippen LogP contribution in [-0.4, -0.2) is 21.7 Å². The van der Waals surface area contributed by atoms with Gasteiger partial charge in [0.1, 0.15) is 6.61 Å². The third kappa shape index (κ3) is 3.61. The first-order valence-corrected chi connectivity index (χ1v) is 5.37. The minimum absolute atomic E-state index is 0.251. The SMILES string of the molecule is NCc1nc(COCCc2ccccn2)no1. The lowest BCUT2D eigenvalue weighted by atomic mass is 10.3. The van der Waals surface area contributed by atoms with E-state index in [1.165, 1.54) is 0 Å². The average molecular weight is 234 g/mol. The van der Waals surface area contributed by atoms with Crippen molar-refractivity contribution in [1.29, 1.82) is 0 Å². The van der Waals surface area contributed by atoms with E-state index in [0.29, 0.717) is 24.9 Å². The summed E-state index contributed by atoms with van der Waals surface area (Å²) < 4.78 is 10.3. The van der Waals surface area contributed by atoms with Crippen LogP contribution in [0.2, 0.25) is 0 Å². The fourth-order valence-corrected chi connectivity index (χ4v) is 1.32. The largest absolute Gasteiger partial charge is 0.373 e. The Hall–Kier alpha value is -1.79. The predicted octanol–water partition coefficient (Wildman–Crippen LogP) is 0.683. The van der Waals surface area contributed by atoms with Gasteiger partial charge in [-0.2, -0.15) is 4.98 Å². The van der Waals surface area contributed by atoms with Crippen molar-refractivity contribution in [2.24, 2.45) is 5.73 Å². The summed E-state index contributed by atoms with van der Waals surface area (Å²) in [5, 5.41) is 3.72. The highest BCUT2D eigenvalue weighted by Crippen LogP contribution is 2.00. The zero-order valence-electron chi connectivity index (χ0n) is 9.37. The number of hydrogen-bond donors (Lipinski definition) is 1. The molecule has 0 aliphatic rings. The second kappa shape index (κ2) is 6.07. The monoisotopic (exact) mass is 234 g/mol. The van der Waals surface area contributed by atoms with Crippen molar-refractivity contribution in [3.05, 3.63) is 41.8 Å². The first kappa shape index (κ1) is 11.7. The van der Waals surface area contributed by atoms with E-state index in [-0.39, 0.29) is 6.54 Å². The lowest BCUT2D eigenvalue weighted by molar-refractivity contribution is 0.116. The molecule has 6 nitrogen and oxygen atoms in total. The molecule has 17 heavy (non-hydrogen) atoms. The summed E-state index contributed by atoms with van der Waals surface area (Å²) >= 11 is 0. The Bertz CT molecular complexity index is 444. The van der Waals surface area contributed by atoms with Crippen LogP contribution in [0.5, 0.6) is 0 Å². The third-order valence-electron chi connectivity index (χ3n) is 2.14. The second-order valence-electron chi connectivity index (χ2n) is 3.43. The number of ether oxygens (including phenoxy) is 1. The van der Waals surface area contributed by atoms with Gasteiger partial charge in [0, 0.05) is 18.3 Å². The minimum Gasteiger partial charge on any atom is -0.373 e. The summed E-state index contributed by atoms with van der Waals surface area (Å²) in [6.07, 6.45) is 2.53. The van der Waals surface area contributed by atoms with Crippen LogP contribution in [0.3, 0.4) is 0 Å². The summed E-state index contributed by atoms with van der Waals surface area (Å²) in [7, 11) is 0. The molecule has 0 aromatic carbocycles. The van der Waals surface area contributed by atoms with E-state index >= 15 is 0 Å². The zero-order chi connectivity index (χ0) is 11.9. The zero-order valence-corrected chi connectivity index (χ0v) is 9.37. The standard InChI is InChI=1S/C11H14N4O2/c12-7-11-14-10(15-17-11)8-16-6-4-9-3-1-2-5-13-9/h1-3,5H,4,6-8,12H2. The van der Waals surface area contributed by atoms with Crippen LogP contribution in [0.15, 0.2) is 28.9 Å². The molecule has 0 unspecified atom stereocenters. The van der Waals surface area contributed by atoms with Gasteiger partial charge in [-0.25, -0.2) is 0 Å². The highest BCUT2D eigenvalue weighted by Gasteiger charge is 2.04. The molecule has 0 radical (unpaired) electrons. The van der Waals surface area contributed by atoms with Gasteiger partial charge in [0.2, 0.25) is 5.89 Å². The molecule has 0 amide bonds. The van der Waals surface area contributed by atoms with E-state index in [1.807, 2.05) is 18.2 Å². The van der Waals surface area contributed by atoms with E-state index < -0.39 is 0 Å². The maximum Gasteiger partial charge on any atom is 0.240 e. The van der Waals surface area contributed by atoms with Gasteiger partial charge in [0.15, 0.2) is 5.82 Å². The Kier molecular flexibility index (Phi) is 4.17. The maximum atomic E-state index is 5.42. The normalized spacial score (nSPS) is 10.6. The predicted molar refractivity (Wildman–Crippen MR) is 59.8 cm³/mol. The summed E-state index contributed by atoms with van der Waals surface area (Å²) in [6.45, 7) is 1.15. The highest BCUT2D eigenvalue weighted by molar-refractivity contribution is 5.03. The molecule has 6 heteroatoms. The second-order valence-corrected chi connectivity index (χ2v) is 3.43. The number of nitrogens with zero attached hydrogens (tertiary/aromatic N) is 3. The van der Waals surface area contributed by atoms with Gasteiger partial charge in [0.25, 0.3) is 0 Å². The Morgan fingerprint density at radius 3 is 3.00 bits per heavy atom. The van der Waals surface area contributed by atoms with Crippen LogP contribution in [0.4, 0.5) is 0 Å². The van der Waals surface area contributed by atoms with E-state index in [2.05, 4.69) is 15.1 Å². The van der Waals surface area contributed by atoms with Crippen molar-refractivity contribution in [3.63, 3.8) is 0 Å². The minimum atomic E-state index is 0.251. The summed E-state index contributed by atoms with van der Waals surface area (Å²) in [4.78, 5) is 8.22. The molecule has 0 atom stereocenters. The molecule has 2 heterocycles. The highest BCUT2D eigenvalue weighted by atomic mass is 16.5. The summed E-state index contributed by atoms with van der Waals surface area (Å²) in [5.74, 6) is 0.944. The fourth-order valence-electron chi connectivity index (χ4n) is 1.32. The van der Waals surface area contributed by atoms with Gasteiger partial charge < -0.3 is 15.0 Å². The molecule has 0 aliphatic carbocycles. The van der Waals surface area contributed by atoms with Crippen molar-refractivity contribution in [3.8, 4) is 0 Å². The third-order valence-corrected chi connectivity index (χ3v) is 2.14. The fraction of sp³-hybridized carbons (Fsp3) is 0.364. The molecule has 90 valence electrons. The van der Waals surface area contributed by atoms with Crippen molar-refractivity contribution in [1.82, 2.24) is 15.1 Å². The van der Waals surface area contributed by atoms with E-state index in [0.717, 1.165) is 12.1 Å².